The zero-order valence-electron chi connectivity index (χ0n) is 13.3. The molecule has 1 saturated heterocycles. The summed E-state index contributed by atoms with van der Waals surface area (Å²) in [5, 5.41) is 10.4. The van der Waals surface area contributed by atoms with Crippen LogP contribution in [0.25, 0.3) is 0 Å². The summed E-state index contributed by atoms with van der Waals surface area (Å²) >= 11 is 0. The van der Waals surface area contributed by atoms with Crippen LogP contribution in [0.15, 0.2) is 24.3 Å². The molecular formula is C16H33NO. The molecule has 0 aromatic rings. The van der Waals surface area contributed by atoms with Crippen molar-refractivity contribution in [2.24, 2.45) is 0 Å². The van der Waals surface area contributed by atoms with E-state index >= 15 is 0 Å². The molecule has 1 aliphatic rings. The maximum atomic E-state index is 10.4. The quantitative estimate of drug-likeness (QED) is 0.770. The fourth-order valence-corrected chi connectivity index (χ4v) is 1.96. The molecule has 1 fully saturated rings. The van der Waals surface area contributed by atoms with Crippen molar-refractivity contribution in [1.29, 1.82) is 0 Å². The van der Waals surface area contributed by atoms with E-state index in [1.54, 1.807) is 6.08 Å². The van der Waals surface area contributed by atoms with Gasteiger partial charge in [0.25, 0.3) is 0 Å². The molecule has 108 valence electrons. The molecule has 0 aromatic carbocycles. The monoisotopic (exact) mass is 255 g/mol. The predicted octanol–water partition coefficient (Wildman–Crippen LogP) is 4.02. The Bertz CT molecular complexity index is 225. The van der Waals surface area contributed by atoms with Crippen molar-refractivity contribution < 1.29 is 5.11 Å². The van der Waals surface area contributed by atoms with Gasteiger partial charge in [-0.2, -0.15) is 0 Å². The van der Waals surface area contributed by atoms with Crippen molar-refractivity contribution in [3.63, 3.8) is 0 Å². The number of piperidine rings is 1. The SMILES string of the molecule is C=C/C(=C\CC)C1(O)CCN(C)CC1.CC.CC. The van der Waals surface area contributed by atoms with E-state index in [-0.39, 0.29) is 0 Å². The van der Waals surface area contributed by atoms with Gasteiger partial charge in [0.1, 0.15) is 0 Å². The zero-order valence-corrected chi connectivity index (χ0v) is 13.3. The third-order valence-corrected chi connectivity index (χ3v) is 3.00. The van der Waals surface area contributed by atoms with Gasteiger partial charge in [0.15, 0.2) is 0 Å². The molecule has 0 saturated carbocycles. The summed E-state index contributed by atoms with van der Waals surface area (Å²) in [6.45, 7) is 15.8. The Labute approximate surface area is 114 Å². The molecule has 0 aliphatic carbocycles. The average molecular weight is 255 g/mol. The van der Waals surface area contributed by atoms with Gasteiger partial charge >= 0.3 is 0 Å². The number of aliphatic hydroxyl groups is 1. The van der Waals surface area contributed by atoms with Crippen molar-refractivity contribution in [3.05, 3.63) is 24.3 Å². The van der Waals surface area contributed by atoms with Crippen molar-refractivity contribution in [1.82, 2.24) is 4.90 Å². The van der Waals surface area contributed by atoms with Crippen LogP contribution in [-0.2, 0) is 0 Å². The molecule has 1 rings (SSSR count). The van der Waals surface area contributed by atoms with Gasteiger partial charge in [-0.25, -0.2) is 0 Å². The van der Waals surface area contributed by atoms with Gasteiger partial charge in [-0.1, -0.05) is 53.3 Å². The summed E-state index contributed by atoms with van der Waals surface area (Å²) in [7, 11) is 2.09. The van der Waals surface area contributed by atoms with Gasteiger partial charge < -0.3 is 10.0 Å². The average Bonchev–Trinajstić information content (AvgIpc) is 2.44. The Kier molecular flexibility index (Phi) is 12.6. The molecule has 0 unspecified atom stereocenters. The third-order valence-electron chi connectivity index (χ3n) is 3.00. The Morgan fingerprint density at radius 1 is 1.22 bits per heavy atom. The van der Waals surface area contributed by atoms with Crippen molar-refractivity contribution in [3.8, 4) is 0 Å². The fourth-order valence-electron chi connectivity index (χ4n) is 1.96. The molecule has 0 atom stereocenters. The lowest BCUT2D eigenvalue weighted by molar-refractivity contribution is 0.0190. The Morgan fingerprint density at radius 3 is 2.00 bits per heavy atom. The Hall–Kier alpha value is -0.600. The lowest BCUT2D eigenvalue weighted by Gasteiger charge is -2.37. The molecule has 0 radical (unpaired) electrons. The third kappa shape index (κ3) is 6.36. The van der Waals surface area contributed by atoms with Gasteiger partial charge in [-0.05, 0) is 31.9 Å². The molecule has 0 bridgehead atoms. The van der Waals surface area contributed by atoms with E-state index in [9.17, 15) is 5.11 Å². The number of likely N-dealkylation sites (tertiary alicyclic amines) is 1. The van der Waals surface area contributed by atoms with Crippen LogP contribution in [0, 0.1) is 0 Å². The predicted molar refractivity (Wildman–Crippen MR) is 82.9 cm³/mol. The highest BCUT2D eigenvalue weighted by molar-refractivity contribution is 5.28. The van der Waals surface area contributed by atoms with Crippen LogP contribution in [-0.4, -0.2) is 35.7 Å². The van der Waals surface area contributed by atoms with Gasteiger partial charge in [-0.3, -0.25) is 0 Å². The van der Waals surface area contributed by atoms with E-state index < -0.39 is 5.60 Å². The minimum absolute atomic E-state index is 0.621. The van der Waals surface area contributed by atoms with E-state index in [2.05, 4.69) is 31.5 Å². The van der Waals surface area contributed by atoms with Crippen molar-refractivity contribution in [2.75, 3.05) is 20.1 Å². The zero-order chi connectivity index (χ0) is 14.6. The first kappa shape index (κ1) is 19.7. The van der Waals surface area contributed by atoms with E-state index in [1.165, 1.54) is 0 Å². The number of hydrogen-bond donors (Lipinski definition) is 1. The normalized spacial score (nSPS) is 18.9. The van der Waals surface area contributed by atoms with Crippen LogP contribution in [0.4, 0.5) is 0 Å². The summed E-state index contributed by atoms with van der Waals surface area (Å²) in [5.74, 6) is 0. The standard InChI is InChI=1S/C12H21NO.2C2H6/c1-4-6-11(5-2)12(14)7-9-13(3)10-8-12;2*1-2/h5-6,14H,2,4,7-10H2,1,3H3;2*1-2H3/b11-6+;;. The van der Waals surface area contributed by atoms with Crippen molar-refractivity contribution >= 4 is 0 Å². The second-order valence-electron chi connectivity index (χ2n) is 4.11. The smallest absolute Gasteiger partial charge is 0.0917 e. The first-order valence-electron chi connectivity index (χ1n) is 7.36. The Balaban J connectivity index is 0. The molecule has 2 nitrogen and oxygen atoms in total. The number of rotatable bonds is 3. The van der Waals surface area contributed by atoms with E-state index in [0.717, 1.165) is 37.9 Å². The van der Waals surface area contributed by atoms with Crippen LogP contribution in [0.5, 0.6) is 0 Å². The summed E-state index contributed by atoms with van der Waals surface area (Å²) in [6.07, 6.45) is 6.48. The van der Waals surface area contributed by atoms with Crippen molar-refractivity contribution in [2.45, 2.75) is 59.5 Å². The molecule has 0 spiro atoms. The minimum atomic E-state index is -0.621. The first-order chi connectivity index (χ1) is 8.62. The van der Waals surface area contributed by atoms with Crippen LogP contribution < -0.4 is 0 Å². The molecule has 2 heteroatoms. The lowest BCUT2D eigenvalue weighted by Crippen LogP contribution is -2.43. The number of hydrogen-bond acceptors (Lipinski definition) is 2. The van der Waals surface area contributed by atoms with Gasteiger partial charge in [0.05, 0.1) is 5.60 Å². The van der Waals surface area contributed by atoms with Crippen LogP contribution >= 0.6 is 0 Å². The van der Waals surface area contributed by atoms with Gasteiger partial charge in [-0.15, -0.1) is 0 Å². The summed E-state index contributed by atoms with van der Waals surface area (Å²) in [5.41, 5.74) is 0.387. The second-order valence-corrected chi connectivity index (χ2v) is 4.11. The fraction of sp³-hybridized carbons (Fsp3) is 0.750. The topological polar surface area (TPSA) is 23.5 Å². The van der Waals surface area contributed by atoms with Gasteiger partial charge in [0, 0.05) is 13.1 Å². The summed E-state index contributed by atoms with van der Waals surface area (Å²) in [4.78, 5) is 2.25. The molecule has 0 amide bonds. The summed E-state index contributed by atoms with van der Waals surface area (Å²) in [6, 6.07) is 0. The molecule has 1 aliphatic heterocycles. The molecular weight excluding hydrogens is 222 g/mol. The highest BCUT2D eigenvalue weighted by Crippen LogP contribution is 2.29. The van der Waals surface area contributed by atoms with E-state index in [0.29, 0.717) is 0 Å². The minimum Gasteiger partial charge on any atom is -0.385 e. The molecule has 1 N–H and O–H groups in total. The lowest BCUT2D eigenvalue weighted by atomic mass is 9.83. The van der Waals surface area contributed by atoms with Gasteiger partial charge in [0.2, 0.25) is 0 Å². The number of allylic oxidation sites excluding steroid dienone is 1. The molecule has 18 heavy (non-hydrogen) atoms. The maximum absolute atomic E-state index is 10.4. The number of nitrogens with zero attached hydrogens (tertiary/aromatic N) is 1. The van der Waals surface area contributed by atoms with E-state index in [4.69, 9.17) is 0 Å². The van der Waals surface area contributed by atoms with Crippen LogP contribution in [0.1, 0.15) is 53.9 Å². The molecule has 1 heterocycles. The van der Waals surface area contributed by atoms with Crippen LogP contribution in [0.2, 0.25) is 0 Å². The van der Waals surface area contributed by atoms with E-state index in [1.807, 2.05) is 27.7 Å². The second kappa shape index (κ2) is 11.5. The largest absolute Gasteiger partial charge is 0.385 e. The Morgan fingerprint density at radius 2 is 1.67 bits per heavy atom. The highest BCUT2D eigenvalue weighted by atomic mass is 16.3. The maximum Gasteiger partial charge on any atom is 0.0917 e. The highest BCUT2D eigenvalue weighted by Gasteiger charge is 2.33. The molecule has 0 aromatic heterocycles. The van der Waals surface area contributed by atoms with Crippen LogP contribution in [0.3, 0.4) is 0 Å². The summed E-state index contributed by atoms with van der Waals surface area (Å²) < 4.78 is 0. The first-order valence-corrected chi connectivity index (χ1v) is 7.36.